The van der Waals surface area contributed by atoms with Crippen LogP contribution in [0, 0.1) is 35.8 Å². The normalized spacial score (nSPS) is 10.2. The molecule has 8 nitrogen and oxygen atoms in total. The summed E-state index contributed by atoms with van der Waals surface area (Å²) >= 11 is 0. The number of nitriles is 2. The van der Waals surface area contributed by atoms with E-state index in [-0.39, 0.29) is 28.9 Å². The van der Waals surface area contributed by atoms with Crippen molar-refractivity contribution >= 4 is 33.7 Å². The second-order valence-corrected chi connectivity index (χ2v) is 5.42. The molecule has 0 N–H and O–H groups in total. The Hall–Kier alpha value is -4.14. The second-order valence-electron chi connectivity index (χ2n) is 5.42. The highest BCUT2D eigenvalue weighted by Gasteiger charge is 2.23. The summed E-state index contributed by atoms with van der Waals surface area (Å²) in [5.41, 5.74) is 2.23. The van der Waals surface area contributed by atoms with Crippen LogP contribution < -0.4 is 0 Å². The maximum absolute atomic E-state index is 9.20. The highest BCUT2D eigenvalue weighted by molar-refractivity contribution is 5.97. The smallest absolute Gasteiger partial charge is 0.294 e. The van der Waals surface area contributed by atoms with Gasteiger partial charge in [0.1, 0.15) is 12.1 Å². The summed E-state index contributed by atoms with van der Waals surface area (Å²) in [6, 6.07) is 5.30. The van der Waals surface area contributed by atoms with Crippen LogP contribution in [0.4, 0.5) is 11.6 Å². The quantitative estimate of drug-likeness (QED) is 0.500. The van der Waals surface area contributed by atoms with Gasteiger partial charge in [0, 0.05) is 11.6 Å². The Kier molecular flexibility index (Phi) is 3.66. The molecule has 0 atom stereocenters. The number of rotatable bonds is 1. The topological polar surface area (TPSA) is 108 Å². The molecule has 2 heterocycles. The number of hydrogen-bond donors (Lipinski definition) is 0. The Morgan fingerprint density at radius 2 is 1.40 bits per heavy atom. The molecule has 0 fully saturated rings. The molecule has 0 saturated heterocycles. The average molecular weight is 324 g/mol. The molecule has 3 aromatic rings. The van der Waals surface area contributed by atoms with Gasteiger partial charge in [-0.05, 0) is 5.92 Å². The lowest BCUT2D eigenvalue weighted by Gasteiger charge is -2.10. The van der Waals surface area contributed by atoms with Crippen molar-refractivity contribution in [2.75, 3.05) is 0 Å². The number of benzene rings is 1. The van der Waals surface area contributed by atoms with E-state index in [1.54, 1.807) is 6.07 Å². The number of aromatic nitrogens is 4. The molecule has 1 aromatic carbocycles. The molecular formula is C17H8N8. The lowest BCUT2D eigenvalue weighted by Crippen LogP contribution is -2.02. The van der Waals surface area contributed by atoms with E-state index >= 15 is 0 Å². The first kappa shape index (κ1) is 15.7. The van der Waals surface area contributed by atoms with Gasteiger partial charge in [-0.3, -0.25) is 0 Å². The minimum atomic E-state index is -0.0846. The van der Waals surface area contributed by atoms with Crippen molar-refractivity contribution < 1.29 is 0 Å². The van der Waals surface area contributed by atoms with Crippen LogP contribution in [0.5, 0.6) is 0 Å². The van der Waals surface area contributed by atoms with Crippen LogP contribution in [0.3, 0.4) is 0 Å². The molecule has 0 aliphatic rings. The predicted octanol–water partition coefficient (Wildman–Crippen LogP) is 3.54. The summed E-state index contributed by atoms with van der Waals surface area (Å²) in [6.07, 6.45) is 0. The van der Waals surface area contributed by atoms with Crippen molar-refractivity contribution in [1.82, 2.24) is 19.9 Å². The van der Waals surface area contributed by atoms with Gasteiger partial charge in [-0.2, -0.15) is 10.5 Å². The number of hydrogen-bond acceptors (Lipinski definition) is 6. The van der Waals surface area contributed by atoms with Gasteiger partial charge in [-0.15, -0.1) is 9.97 Å². The van der Waals surface area contributed by atoms with E-state index in [1.807, 2.05) is 26.0 Å². The fourth-order valence-electron chi connectivity index (χ4n) is 2.57. The number of nitrogens with zero attached hydrogens (tertiary/aromatic N) is 8. The summed E-state index contributed by atoms with van der Waals surface area (Å²) in [4.78, 5) is 23.5. The molecular weight excluding hydrogens is 316 g/mol. The van der Waals surface area contributed by atoms with Gasteiger partial charge >= 0.3 is 0 Å². The Morgan fingerprint density at radius 1 is 0.880 bits per heavy atom. The van der Waals surface area contributed by atoms with E-state index in [0.717, 1.165) is 0 Å². The summed E-state index contributed by atoms with van der Waals surface area (Å²) in [6.45, 7) is 18.2. The maximum Gasteiger partial charge on any atom is 0.294 e. The van der Waals surface area contributed by atoms with Crippen molar-refractivity contribution in [3.05, 3.63) is 45.9 Å². The molecule has 0 radical (unpaired) electrons. The molecule has 0 aliphatic carbocycles. The molecule has 0 bridgehead atoms. The SMILES string of the molecule is [C-]#[N+]c1nc2cc3nc(C#N)c(C#N)nc3c(C(C)C)c2nc1[N+]#[C-]. The molecule has 0 saturated carbocycles. The summed E-state index contributed by atoms with van der Waals surface area (Å²) in [5.74, 6) is -0.212. The number of fused-ring (bicyclic) bond motifs is 2. The zero-order valence-corrected chi connectivity index (χ0v) is 13.2. The Bertz CT molecular complexity index is 1120. The van der Waals surface area contributed by atoms with Crippen LogP contribution in [0.2, 0.25) is 0 Å². The molecule has 0 amide bonds. The summed E-state index contributed by atoms with van der Waals surface area (Å²) in [7, 11) is 0. The van der Waals surface area contributed by atoms with Gasteiger partial charge < -0.3 is 9.69 Å². The maximum atomic E-state index is 9.20. The summed E-state index contributed by atoms with van der Waals surface area (Å²) in [5, 5.41) is 18.3. The lowest BCUT2D eigenvalue weighted by molar-refractivity contribution is 0.876. The molecule has 2 aromatic heterocycles. The molecule has 0 aliphatic heterocycles. The van der Waals surface area contributed by atoms with Gasteiger partial charge in [0.25, 0.3) is 11.6 Å². The molecule has 0 unspecified atom stereocenters. The van der Waals surface area contributed by atoms with Crippen molar-refractivity contribution in [1.29, 1.82) is 10.5 Å². The van der Waals surface area contributed by atoms with Crippen molar-refractivity contribution in [2.24, 2.45) is 0 Å². The minimum Gasteiger partial charge on any atom is -0.370 e. The largest absolute Gasteiger partial charge is 0.370 e. The van der Waals surface area contributed by atoms with Gasteiger partial charge in [-0.1, -0.05) is 27.0 Å². The van der Waals surface area contributed by atoms with E-state index in [1.165, 1.54) is 0 Å². The van der Waals surface area contributed by atoms with Crippen LogP contribution >= 0.6 is 0 Å². The first-order valence-electron chi connectivity index (χ1n) is 7.15. The van der Waals surface area contributed by atoms with Gasteiger partial charge in [0.15, 0.2) is 11.4 Å². The third-order valence-corrected chi connectivity index (χ3v) is 3.59. The first-order valence-corrected chi connectivity index (χ1v) is 7.15. The van der Waals surface area contributed by atoms with E-state index < -0.39 is 0 Å². The van der Waals surface area contributed by atoms with Crippen LogP contribution in [-0.2, 0) is 0 Å². The van der Waals surface area contributed by atoms with Crippen molar-refractivity contribution in [3.8, 4) is 12.1 Å². The molecule has 8 heteroatoms. The van der Waals surface area contributed by atoms with E-state index in [0.29, 0.717) is 27.6 Å². The Labute approximate surface area is 142 Å². The van der Waals surface area contributed by atoms with Crippen LogP contribution in [0.15, 0.2) is 6.07 Å². The Balaban J connectivity index is 2.59. The molecule has 0 spiro atoms. The highest BCUT2D eigenvalue weighted by Crippen LogP contribution is 2.34. The molecule has 3 rings (SSSR count). The fraction of sp³-hybridized carbons (Fsp3) is 0.176. The average Bonchev–Trinajstić information content (AvgIpc) is 2.63. The van der Waals surface area contributed by atoms with Gasteiger partial charge in [0.2, 0.25) is 11.0 Å². The van der Waals surface area contributed by atoms with Crippen LogP contribution in [-0.4, -0.2) is 19.9 Å². The minimum absolute atomic E-state index is 0.0494. The van der Waals surface area contributed by atoms with Crippen LogP contribution in [0.1, 0.15) is 36.7 Å². The zero-order chi connectivity index (χ0) is 18.1. The zero-order valence-electron chi connectivity index (χ0n) is 13.2. The van der Waals surface area contributed by atoms with Gasteiger partial charge in [-0.25, -0.2) is 9.97 Å². The first-order chi connectivity index (χ1) is 12.0. The van der Waals surface area contributed by atoms with Crippen molar-refractivity contribution in [2.45, 2.75) is 19.8 Å². The van der Waals surface area contributed by atoms with Crippen LogP contribution in [0.25, 0.3) is 31.8 Å². The van der Waals surface area contributed by atoms with E-state index in [2.05, 4.69) is 29.6 Å². The van der Waals surface area contributed by atoms with E-state index in [9.17, 15) is 5.26 Å². The predicted molar refractivity (Wildman–Crippen MR) is 88.7 cm³/mol. The second kappa shape index (κ2) is 5.81. The third-order valence-electron chi connectivity index (χ3n) is 3.59. The van der Waals surface area contributed by atoms with Gasteiger partial charge in [0.05, 0.1) is 11.0 Å². The Morgan fingerprint density at radius 3 is 1.96 bits per heavy atom. The lowest BCUT2D eigenvalue weighted by atomic mass is 9.98. The third kappa shape index (κ3) is 2.36. The van der Waals surface area contributed by atoms with E-state index in [4.69, 9.17) is 18.4 Å². The standard InChI is InChI=1S/C17H8N8/c1-8(2)13-14-9(22-11(6-18)12(7-19)23-14)5-10-15(13)25-17(21-4)16(20-3)24-10/h5,8H,1-2H3. The fourth-order valence-corrected chi connectivity index (χ4v) is 2.57. The monoisotopic (exact) mass is 324 g/mol. The highest BCUT2D eigenvalue weighted by atomic mass is 15.0. The summed E-state index contributed by atoms with van der Waals surface area (Å²) < 4.78 is 0. The molecule has 116 valence electrons. The molecule has 25 heavy (non-hydrogen) atoms. The van der Waals surface area contributed by atoms with Crippen molar-refractivity contribution in [3.63, 3.8) is 0 Å².